The molecule has 1 amide bonds. The molecule has 0 aromatic heterocycles. The molecular formula is C32H58N2O5S2. The Balaban J connectivity index is 0.000000435. The van der Waals surface area contributed by atoms with Crippen LogP contribution in [0, 0.1) is 11.8 Å². The molecule has 0 spiro atoms. The fraction of sp³-hybridized carbons (Fsp3) is 0.875. The van der Waals surface area contributed by atoms with Gasteiger partial charge in [0.25, 0.3) is 0 Å². The van der Waals surface area contributed by atoms with Crippen molar-refractivity contribution in [3.05, 3.63) is 0 Å². The van der Waals surface area contributed by atoms with Gasteiger partial charge in [0, 0.05) is 19.6 Å². The highest BCUT2D eigenvalue weighted by atomic mass is 32.2. The number of nitrogens with zero attached hydrogens (tertiary/aromatic N) is 1. The van der Waals surface area contributed by atoms with Crippen LogP contribution in [0.15, 0.2) is 0 Å². The Kier molecular flexibility index (Phi) is 20.4. The minimum absolute atomic E-state index is 0.0435. The van der Waals surface area contributed by atoms with Crippen LogP contribution >= 0.6 is 24.0 Å². The smallest absolute Gasteiger partial charge is 0.319 e. The Labute approximate surface area is 259 Å². The molecule has 0 unspecified atom stereocenters. The summed E-state index contributed by atoms with van der Waals surface area (Å²) in [6, 6.07) is 0. The van der Waals surface area contributed by atoms with E-state index in [9.17, 15) is 19.5 Å². The van der Waals surface area contributed by atoms with E-state index in [-0.39, 0.29) is 11.8 Å². The summed E-state index contributed by atoms with van der Waals surface area (Å²) in [7, 11) is 0. The van der Waals surface area contributed by atoms with Crippen molar-refractivity contribution in [2.45, 2.75) is 148 Å². The molecule has 41 heavy (non-hydrogen) atoms. The zero-order chi connectivity index (χ0) is 30.5. The van der Waals surface area contributed by atoms with Crippen molar-refractivity contribution in [2.24, 2.45) is 11.8 Å². The normalized spacial score (nSPS) is 19.7. The van der Waals surface area contributed by atoms with Crippen LogP contribution in [-0.4, -0.2) is 61.7 Å². The van der Waals surface area contributed by atoms with Gasteiger partial charge in [-0.25, -0.2) is 0 Å². The minimum atomic E-state index is -0.834. The molecule has 0 aromatic rings. The van der Waals surface area contributed by atoms with Crippen LogP contribution in [0.4, 0.5) is 0 Å². The van der Waals surface area contributed by atoms with Gasteiger partial charge in [-0.3, -0.25) is 14.4 Å². The van der Waals surface area contributed by atoms with E-state index in [2.05, 4.69) is 17.1 Å². The summed E-state index contributed by atoms with van der Waals surface area (Å²) < 4.78 is -0.0984. The second kappa shape index (κ2) is 22.2. The molecule has 0 radical (unpaired) electrons. The van der Waals surface area contributed by atoms with Crippen molar-refractivity contribution < 1.29 is 24.6 Å². The molecule has 2 rings (SSSR count). The molecule has 0 bridgehead atoms. The predicted octanol–water partition coefficient (Wildman–Crippen LogP) is 8.05. The Morgan fingerprint density at radius 2 is 1.27 bits per heavy atom. The molecule has 7 nitrogen and oxygen atoms in total. The Bertz CT molecular complexity index is 769. The third-order valence-electron chi connectivity index (χ3n) is 8.22. The van der Waals surface area contributed by atoms with Crippen LogP contribution in [0.1, 0.15) is 143 Å². The van der Waals surface area contributed by atoms with Crippen LogP contribution in [0.5, 0.6) is 0 Å². The lowest BCUT2D eigenvalue weighted by Crippen LogP contribution is -2.40. The van der Waals surface area contributed by atoms with E-state index in [0.29, 0.717) is 13.0 Å². The molecule has 238 valence electrons. The average Bonchev–Trinajstić information content (AvgIpc) is 2.91. The molecule has 1 aliphatic heterocycles. The number of carboxylic acids is 2. The molecule has 1 aliphatic carbocycles. The second-order valence-corrected chi connectivity index (χ2v) is 14.5. The van der Waals surface area contributed by atoms with E-state index in [0.717, 1.165) is 62.4 Å². The SMILES string of the molecule is CC(C)(SC(=S)N1CCCCCCC1)C(=O)O.CCCCCCCCCCCCNC(=O)[C@@H]1CCCC[C@@H]1C(=O)O. The summed E-state index contributed by atoms with van der Waals surface area (Å²) in [5.74, 6) is -2.46. The number of nitrogens with one attached hydrogen (secondary N) is 1. The molecule has 0 aromatic carbocycles. The van der Waals surface area contributed by atoms with Gasteiger partial charge in [0.15, 0.2) is 0 Å². The standard InChI is InChI=1S/C20H37NO3.C12H21NO2S2/c1-2-3-4-5-6-7-8-9-10-13-16-21-19(22)17-14-11-12-15-18(17)20(23)24;1-12(2,10(14)15)17-11(16)13-8-6-4-3-5-7-9-13/h17-18H,2-16H2,1H3,(H,21,22)(H,23,24);3-9H2,1-2H3,(H,14,15)/t17-,18+;/m1./s1. The van der Waals surface area contributed by atoms with Crippen LogP contribution in [0.25, 0.3) is 0 Å². The maximum atomic E-state index is 12.2. The van der Waals surface area contributed by atoms with Gasteiger partial charge in [-0.05, 0) is 46.0 Å². The molecule has 1 saturated heterocycles. The zero-order valence-corrected chi connectivity index (χ0v) is 27.7. The number of hydrogen-bond donors (Lipinski definition) is 3. The number of thiocarbonyl (C=S) groups is 1. The maximum Gasteiger partial charge on any atom is 0.319 e. The van der Waals surface area contributed by atoms with Crippen molar-refractivity contribution in [1.29, 1.82) is 0 Å². The molecular weight excluding hydrogens is 556 g/mol. The highest BCUT2D eigenvalue weighted by molar-refractivity contribution is 8.24. The van der Waals surface area contributed by atoms with Crippen molar-refractivity contribution in [3.8, 4) is 0 Å². The van der Waals surface area contributed by atoms with Gasteiger partial charge in [0.1, 0.15) is 9.07 Å². The highest BCUT2D eigenvalue weighted by Gasteiger charge is 2.35. The first kappa shape index (κ1) is 37.7. The van der Waals surface area contributed by atoms with E-state index in [1.165, 1.54) is 82.4 Å². The van der Waals surface area contributed by atoms with Gasteiger partial charge in [0.05, 0.1) is 11.8 Å². The summed E-state index contributed by atoms with van der Waals surface area (Å²) in [6.45, 7) is 8.29. The van der Waals surface area contributed by atoms with Gasteiger partial charge in [0.2, 0.25) is 5.91 Å². The van der Waals surface area contributed by atoms with Crippen molar-refractivity contribution in [3.63, 3.8) is 0 Å². The molecule has 2 atom stereocenters. The van der Waals surface area contributed by atoms with E-state index < -0.39 is 22.6 Å². The van der Waals surface area contributed by atoms with E-state index in [1.807, 2.05) is 0 Å². The summed E-state index contributed by atoms with van der Waals surface area (Å²) in [5, 5.41) is 21.3. The van der Waals surface area contributed by atoms with Gasteiger partial charge in [-0.2, -0.15) is 0 Å². The van der Waals surface area contributed by atoms with Crippen LogP contribution < -0.4 is 5.32 Å². The molecule has 2 fully saturated rings. The highest BCUT2D eigenvalue weighted by Crippen LogP contribution is 2.31. The number of carbonyl (C=O) groups is 3. The lowest BCUT2D eigenvalue weighted by Gasteiger charge is -2.29. The lowest BCUT2D eigenvalue weighted by atomic mass is 9.78. The number of thioether (sulfide) groups is 1. The Hall–Kier alpha value is -1.35. The fourth-order valence-corrected chi connectivity index (χ4v) is 7.10. The third-order valence-corrected chi connectivity index (χ3v) is 9.85. The number of amides is 1. The number of hydrogen-bond acceptors (Lipinski definition) is 5. The number of carboxylic acid groups (broad SMARTS) is 2. The first-order valence-corrected chi connectivity index (χ1v) is 17.5. The quantitative estimate of drug-likeness (QED) is 0.126. The van der Waals surface area contributed by atoms with E-state index in [4.69, 9.17) is 17.3 Å². The fourth-order valence-electron chi connectivity index (χ4n) is 5.45. The summed E-state index contributed by atoms with van der Waals surface area (Å²) in [4.78, 5) is 36.7. The van der Waals surface area contributed by atoms with Crippen LogP contribution in [0.2, 0.25) is 0 Å². The van der Waals surface area contributed by atoms with Crippen molar-refractivity contribution in [1.82, 2.24) is 10.2 Å². The first-order valence-electron chi connectivity index (χ1n) is 16.3. The summed E-state index contributed by atoms with van der Waals surface area (Å²) >= 11 is 6.66. The monoisotopic (exact) mass is 614 g/mol. The van der Waals surface area contributed by atoms with Crippen LogP contribution in [0.3, 0.4) is 0 Å². The molecule has 3 N–H and O–H groups in total. The maximum absolute atomic E-state index is 12.2. The third kappa shape index (κ3) is 16.8. The van der Waals surface area contributed by atoms with E-state index in [1.54, 1.807) is 13.8 Å². The number of aliphatic carboxylic acids is 2. The average molecular weight is 615 g/mol. The molecule has 9 heteroatoms. The van der Waals surface area contributed by atoms with Crippen LogP contribution in [-0.2, 0) is 14.4 Å². The molecule has 1 heterocycles. The number of unbranched alkanes of at least 4 members (excludes halogenated alkanes) is 9. The van der Waals surface area contributed by atoms with Gasteiger partial charge in [-0.1, -0.05) is 121 Å². The Morgan fingerprint density at radius 3 is 1.78 bits per heavy atom. The second-order valence-electron chi connectivity index (χ2n) is 12.2. The number of rotatable bonds is 15. The zero-order valence-electron chi connectivity index (χ0n) is 26.1. The predicted molar refractivity (Wildman–Crippen MR) is 174 cm³/mol. The largest absolute Gasteiger partial charge is 0.481 e. The van der Waals surface area contributed by atoms with Gasteiger partial charge >= 0.3 is 11.9 Å². The molecule has 2 aliphatic rings. The first-order chi connectivity index (χ1) is 19.6. The number of likely N-dealkylation sites (tertiary alicyclic amines) is 1. The topological polar surface area (TPSA) is 107 Å². The summed E-state index contributed by atoms with van der Waals surface area (Å²) in [5.41, 5.74) is 0. The van der Waals surface area contributed by atoms with Crippen molar-refractivity contribution in [2.75, 3.05) is 19.6 Å². The lowest BCUT2D eigenvalue weighted by molar-refractivity contribution is -0.148. The van der Waals surface area contributed by atoms with E-state index >= 15 is 0 Å². The summed E-state index contributed by atoms with van der Waals surface area (Å²) in [6.07, 6.45) is 22.2. The van der Waals surface area contributed by atoms with Crippen molar-refractivity contribution >= 4 is 46.1 Å². The number of carbonyl (C=O) groups excluding carboxylic acids is 1. The van der Waals surface area contributed by atoms with Gasteiger partial charge in [-0.15, -0.1) is 0 Å². The Morgan fingerprint density at radius 1 is 0.780 bits per heavy atom. The molecule has 1 saturated carbocycles. The minimum Gasteiger partial charge on any atom is -0.481 e. The van der Waals surface area contributed by atoms with Gasteiger partial charge < -0.3 is 20.4 Å².